The molecule has 1 aliphatic rings. The number of rotatable bonds is 4. The summed E-state index contributed by atoms with van der Waals surface area (Å²) in [6.07, 6.45) is 1.17. The number of hydrogen-bond acceptors (Lipinski definition) is 3. The van der Waals surface area contributed by atoms with Crippen molar-refractivity contribution in [1.29, 1.82) is 0 Å². The van der Waals surface area contributed by atoms with Crippen molar-refractivity contribution in [1.82, 2.24) is 0 Å². The Morgan fingerprint density at radius 3 is 2.64 bits per heavy atom. The van der Waals surface area contributed by atoms with E-state index in [4.69, 9.17) is 4.84 Å². The molecule has 0 amide bonds. The lowest BCUT2D eigenvalue weighted by atomic mass is 9.89. The molecule has 0 saturated heterocycles. The third-order valence-corrected chi connectivity index (χ3v) is 4.15. The summed E-state index contributed by atoms with van der Waals surface area (Å²) >= 11 is 0. The molecular weight excluding hydrogens is 274 g/mol. The van der Waals surface area contributed by atoms with E-state index >= 15 is 0 Å². The van der Waals surface area contributed by atoms with E-state index in [9.17, 15) is 4.79 Å². The minimum atomic E-state index is -0.421. The molecule has 0 fully saturated rings. The maximum Gasteiger partial charge on any atom is 0.194 e. The van der Waals surface area contributed by atoms with Crippen LogP contribution in [0.5, 0.6) is 0 Å². The van der Waals surface area contributed by atoms with Crippen LogP contribution >= 0.6 is 0 Å². The average Bonchev–Trinajstić information content (AvgIpc) is 2.55. The number of carbonyl (C=O) groups is 1. The van der Waals surface area contributed by atoms with Gasteiger partial charge in [0.15, 0.2) is 5.78 Å². The molecule has 0 aliphatic heterocycles. The number of nitrogens with one attached hydrogen (secondary N) is 1. The van der Waals surface area contributed by atoms with E-state index in [1.807, 2.05) is 42.5 Å². The molecule has 114 valence electrons. The van der Waals surface area contributed by atoms with Gasteiger partial charge in [-0.25, -0.2) is 0 Å². The monoisotopic (exact) mass is 295 g/mol. The average molecular weight is 295 g/mol. The first kappa shape index (κ1) is 14.8. The Labute approximate surface area is 131 Å². The van der Waals surface area contributed by atoms with E-state index in [1.165, 1.54) is 5.56 Å². The van der Waals surface area contributed by atoms with Crippen LogP contribution in [-0.4, -0.2) is 11.9 Å². The molecule has 1 unspecified atom stereocenters. The maximum atomic E-state index is 12.5. The normalized spacial score (nSPS) is 17.4. The fourth-order valence-electron chi connectivity index (χ4n) is 2.91. The second kappa shape index (κ2) is 6.32. The molecule has 2 aromatic rings. The van der Waals surface area contributed by atoms with Crippen LogP contribution in [0.2, 0.25) is 0 Å². The quantitative estimate of drug-likeness (QED) is 0.852. The zero-order valence-electron chi connectivity index (χ0n) is 13.0. The molecule has 1 atom stereocenters. The predicted molar refractivity (Wildman–Crippen MR) is 88.1 cm³/mol. The molecule has 0 aromatic heterocycles. The summed E-state index contributed by atoms with van der Waals surface area (Å²) in [5, 5.41) is 0. The van der Waals surface area contributed by atoms with Crippen molar-refractivity contribution in [2.45, 2.75) is 38.7 Å². The Balaban J connectivity index is 1.72. The van der Waals surface area contributed by atoms with Crippen molar-refractivity contribution in [3.63, 3.8) is 0 Å². The fourth-order valence-corrected chi connectivity index (χ4v) is 2.91. The summed E-state index contributed by atoms with van der Waals surface area (Å²) in [4.78, 5) is 18.2. The third-order valence-electron chi connectivity index (χ3n) is 4.15. The van der Waals surface area contributed by atoms with Crippen LogP contribution in [0.1, 0.15) is 47.7 Å². The van der Waals surface area contributed by atoms with Gasteiger partial charge in [-0.05, 0) is 36.0 Å². The first-order valence-electron chi connectivity index (χ1n) is 7.79. The van der Waals surface area contributed by atoms with Crippen LogP contribution < -0.4 is 5.48 Å². The SMILES string of the molecule is CC(C)c1ccccc1NOC1CCc2ccccc2C1=O. The summed E-state index contributed by atoms with van der Waals surface area (Å²) in [5.74, 6) is 0.464. The van der Waals surface area contributed by atoms with E-state index < -0.39 is 6.10 Å². The van der Waals surface area contributed by atoms with E-state index in [0.717, 1.165) is 23.2 Å². The second-order valence-corrected chi connectivity index (χ2v) is 6.01. The van der Waals surface area contributed by atoms with Crippen LogP contribution in [0.25, 0.3) is 0 Å². The van der Waals surface area contributed by atoms with Crippen molar-refractivity contribution < 1.29 is 9.63 Å². The highest BCUT2D eigenvalue weighted by molar-refractivity contribution is 6.01. The number of hydrogen-bond donors (Lipinski definition) is 1. The molecule has 3 rings (SSSR count). The smallest absolute Gasteiger partial charge is 0.194 e. The molecule has 2 aromatic carbocycles. The number of Topliss-reactive ketones (excluding diaryl/α,β-unsaturated/α-hetero) is 1. The van der Waals surface area contributed by atoms with Gasteiger partial charge in [-0.2, -0.15) is 0 Å². The van der Waals surface area contributed by atoms with Gasteiger partial charge in [-0.1, -0.05) is 56.3 Å². The van der Waals surface area contributed by atoms with E-state index in [0.29, 0.717) is 12.3 Å². The van der Waals surface area contributed by atoms with Crippen molar-refractivity contribution in [2.24, 2.45) is 0 Å². The Morgan fingerprint density at radius 1 is 1.09 bits per heavy atom. The van der Waals surface area contributed by atoms with E-state index in [2.05, 4.69) is 25.4 Å². The summed E-state index contributed by atoms with van der Waals surface area (Å²) in [7, 11) is 0. The highest BCUT2D eigenvalue weighted by atomic mass is 16.7. The number of aryl methyl sites for hydroxylation is 1. The molecule has 3 heteroatoms. The van der Waals surface area contributed by atoms with Crippen molar-refractivity contribution in [3.8, 4) is 0 Å². The minimum Gasteiger partial charge on any atom is -0.291 e. The van der Waals surface area contributed by atoms with Crippen molar-refractivity contribution in [2.75, 3.05) is 5.48 Å². The topological polar surface area (TPSA) is 38.3 Å². The number of anilines is 1. The highest BCUT2D eigenvalue weighted by Gasteiger charge is 2.28. The Hall–Kier alpha value is -2.13. The molecule has 0 saturated carbocycles. The van der Waals surface area contributed by atoms with Gasteiger partial charge in [-0.3, -0.25) is 15.1 Å². The number of benzene rings is 2. The Morgan fingerprint density at radius 2 is 1.82 bits per heavy atom. The molecule has 0 bridgehead atoms. The largest absolute Gasteiger partial charge is 0.291 e. The van der Waals surface area contributed by atoms with Gasteiger partial charge in [-0.15, -0.1) is 0 Å². The van der Waals surface area contributed by atoms with E-state index in [-0.39, 0.29) is 5.78 Å². The summed E-state index contributed by atoms with van der Waals surface area (Å²) in [6.45, 7) is 4.28. The van der Waals surface area contributed by atoms with Crippen molar-refractivity contribution in [3.05, 3.63) is 65.2 Å². The summed E-state index contributed by atoms with van der Waals surface area (Å²) < 4.78 is 0. The van der Waals surface area contributed by atoms with Crippen LogP contribution in [0.15, 0.2) is 48.5 Å². The first-order chi connectivity index (χ1) is 10.7. The lowest BCUT2D eigenvalue weighted by Crippen LogP contribution is -2.32. The van der Waals surface area contributed by atoms with Gasteiger partial charge < -0.3 is 0 Å². The van der Waals surface area contributed by atoms with Crippen LogP contribution in [-0.2, 0) is 11.3 Å². The lowest BCUT2D eigenvalue weighted by Gasteiger charge is -2.24. The molecule has 0 heterocycles. The van der Waals surface area contributed by atoms with Gasteiger partial charge in [0.2, 0.25) is 0 Å². The number of para-hydroxylation sites is 1. The minimum absolute atomic E-state index is 0.0661. The van der Waals surface area contributed by atoms with Gasteiger partial charge in [0.25, 0.3) is 0 Å². The molecule has 22 heavy (non-hydrogen) atoms. The van der Waals surface area contributed by atoms with Crippen molar-refractivity contribution >= 4 is 11.5 Å². The zero-order chi connectivity index (χ0) is 15.5. The van der Waals surface area contributed by atoms with E-state index in [1.54, 1.807) is 0 Å². The van der Waals surface area contributed by atoms with Gasteiger partial charge >= 0.3 is 0 Å². The van der Waals surface area contributed by atoms with Gasteiger partial charge in [0.1, 0.15) is 6.10 Å². The maximum absolute atomic E-state index is 12.5. The van der Waals surface area contributed by atoms with Crippen LogP contribution in [0.3, 0.4) is 0 Å². The first-order valence-corrected chi connectivity index (χ1v) is 7.79. The van der Waals surface area contributed by atoms with Gasteiger partial charge in [0.05, 0.1) is 5.69 Å². The van der Waals surface area contributed by atoms with Gasteiger partial charge in [0, 0.05) is 5.56 Å². The summed E-state index contributed by atoms with van der Waals surface area (Å²) in [6, 6.07) is 15.8. The Bertz CT molecular complexity index is 679. The molecule has 0 spiro atoms. The number of fused-ring (bicyclic) bond motifs is 1. The fraction of sp³-hybridized carbons (Fsp3) is 0.316. The summed E-state index contributed by atoms with van der Waals surface area (Å²) in [5.41, 5.74) is 7.04. The standard InChI is InChI=1S/C19H21NO2/c1-13(2)15-8-5-6-10-17(15)20-22-18-12-11-14-7-3-4-9-16(14)19(18)21/h3-10,13,18,20H,11-12H2,1-2H3. The molecule has 0 radical (unpaired) electrons. The highest BCUT2D eigenvalue weighted by Crippen LogP contribution is 2.26. The zero-order valence-corrected chi connectivity index (χ0v) is 13.0. The predicted octanol–water partition coefficient (Wildman–Crippen LogP) is 4.35. The Kier molecular flexibility index (Phi) is 4.25. The molecule has 1 aliphatic carbocycles. The van der Waals surface area contributed by atoms with Crippen LogP contribution in [0.4, 0.5) is 5.69 Å². The number of carbonyl (C=O) groups excluding carboxylic acids is 1. The van der Waals surface area contributed by atoms with Crippen LogP contribution in [0, 0.1) is 0 Å². The second-order valence-electron chi connectivity index (χ2n) is 6.01. The molecule has 3 nitrogen and oxygen atoms in total. The molecule has 1 N–H and O–H groups in total. The molecular formula is C19H21NO2. The third kappa shape index (κ3) is 2.90. The lowest BCUT2D eigenvalue weighted by molar-refractivity contribution is 0.0550. The number of ketones is 1.